The van der Waals surface area contributed by atoms with E-state index in [0.717, 1.165) is 51.0 Å². The van der Waals surface area contributed by atoms with Crippen molar-refractivity contribution in [1.82, 2.24) is 15.2 Å². The second-order valence-corrected chi connectivity index (χ2v) is 5.73. The van der Waals surface area contributed by atoms with E-state index in [1.54, 1.807) is 13.3 Å². The van der Waals surface area contributed by atoms with Crippen LogP contribution < -0.4 is 10.1 Å². The minimum atomic E-state index is -0.0878. The molecule has 1 spiro atoms. The molecule has 0 aromatic carbocycles. The van der Waals surface area contributed by atoms with Crippen LogP contribution in [0.4, 0.5) is 0 Å². The molecule has 1 amide bonds. The molecule has 1 aromatic heterocycles. The van der Waals surface area contributed by atoms with Gasteiger partial charge in [-0.2, -0.15) is 0 Å². The Morgan fingerprint density at radius 3 is 2.85 bits per heavy atom. The normalized spacial score (nSPS) is 21.9. The molecular formula is C15H21N3O2. The summed E-state index contributed by atoms with van der Waals surface area (Å²) in [5, 5.41) is 2.98. The number of rotatable bonds is 3. The number of nitrogens with zero attached hydrogens (tertiary/aromatic N) is 2. The van der Waals surface area contributed by atoms with E-state index in [9.17, 15) is 4.79 Å². The summed E-state index contributed by atoms with van der Waals surface area (Å²) in [7, 11) is 1.65. The largest absolute Gasteiger partial charge is 0.481 e. The van der Waals surface area contributed by atoms with E-state index in [-0.39, 0.29) is 11.3 Å². The number of hydrogen-bond acceptors (Lipinski definition) is 4. The second-order valence-electron chi connectivity index (χ2n) is 5.73. The van der Waals surface area contributed by atoms with Crippen LogP contribution in [0.1, 0.15) is 24.8 Å². The quantitative estimate of drug-likeness (QED) is 0.900. The lowest BCUT2D eigenvalue weighted by Gasteiger charge is -2.37. The smallest absolute Gasteiger partial charge is 0.226 e. The van der Waals surface area contributed by atoms with Crippen LogP contribution in [-0.2, 0) is 11.3 Å². The highest BCUT2D eigenvalue weighted by Gasteiger charge is 2.44. The number of methoxy groups -OCH3 is 1. The predicted octanol–water partition coefficient (Wildman–Crippen LogP) is 1.19. The van der Waals surface area contributed by atoms with Crippen molar-refractivity contribution in [3.8, 4) is 5.88 Å². The van der Waals surface area contributed by atoms with Gasteiger partial charge in [0, 0.05) is 24.8 Å². The molecule has 0 atom stereocenters. The molecule has 0 aliphatic carbocycles. The molecule has 0 bridgehead atoms. The van der Waals surface area contributed by atoms with Crippen LogP contribution in [0.3, 0.4) is 0 Å². The third-order valence-corrected chi connectivity index (χ3v) is 4.62. The zero-order valence-electron chi connectivity index (χ0n) is 11.9. The van der Waals surface area contributed by atoms with Crippen LogP contribution in [0.25, 0.3) is 0 Å². The van der Waals surface area contributed by atoms with Crippen LogP contribution in [-0.4, -0.2) is 42.5 Å². The monoisotopic (exact) mass is 275 g/mol. The summed E-state index contributed by atoms with van der Waals surface area (Å²) in [6, 6.07) is 3.99. The van der Waals surface area contributed by atoms with E-state index < -0.39 is 0 Å². The van der Waals surface area contributed by atoms with E-state index in [4.69, 9.17) is 4.74 Å². The van der Waals surface area contributed by atoms with Gasteiger partial charge in [-0.15, -0.1) is 0 Å². The highest BCUT2D eigenvalue weighted by atomic mass is 16.5. The standard InChI is InChI=1S/C15H21N3O2/c1-20-13-12(3-2-7-16-13)11-18-9-5-15(6-10-18)4-8-17-14(15)19/h2-3,7H,4-6,8-11H2,1H3,(H,17,19). The van der Waals surface area contributed by atoms with E-state index in [1.165, 1.54) is 0 Å². The minimum Gasteiger partial charge on any atom is -0.481 e. The Balaban J connectivity index is 1.63. The predicted molar refractivity (Wildman–Crippen MR) is 75.4 cm³/mol. The first-order chi connectivity index (χ1) is 9.73. The van der Waals surface area contributed by atoms with E-state index >= 15 is 0 Å². The SMILES string of the molecule is COc1ncccc1CN1CCC2(CCNC2=O)CC1. The fourth-order valence-corrected chi connectivity index (χ4v) is 3.30. The first kappa shape index (κ1) is 13.4. The van der Waals surface area contributed by atoms with Gasteiger partial charge in [-0.05, 0) is 38.4 Å². The maximum absolute atomic E-state index is 12.0. The van der Waals surface area contributed by atoms with Gasteiger partial charge >= 0.3 is 0 Å². The molecule has 2 aliphatic heterocycles. The van der Waals surface area contributed by atoms with Crippen molar-refractivity contribution in [2.24, 2.45) is 5.41 Å². The van der Waals surface area contributed by atoms with Crippen molar-refractivity contribution in [1.29, 1.82) is 0 Å². The Bertz CT molecular complexity index is 496. The molecule has 3 heterocycles. The summed E-state index contributed by atoms with van der Waals surface area (Å²) in [5.74, 6) is 0.961. The van der Waals surface area contributed by atoms with Crippen molar-refractivity contribution in [2.45, 2.75) is 25.8 Å². The van der Waals surface area contributed by atoms with Crippen molar-refractivity contribution >= 4 is 5.91 Å². The molecule has 2 fully saturated rings. The summed E-state index contributed by atoms with van der Waals surface area (Å²) in [6.45, 7) is 3.61. The lowest BCUT2D eigenvalue weighted by molar-refractivity contribution is -0.130. The molecular weight excluding hydrogens is 254 g/mol. The molecule has 0 radical (unpaired) electrons. The van der Waals surface area contributed by atoms with Crippen molar-refractivity contribution in [3.05, 3.63) is 23.9 Å². The average molecular weight is 275 g/mol. The summed E-state index contributed by atoms with van der Waals surface area (Å²) >= 11 is 0. The molecule has 1 aromatic rings. The molecule has 2 saturated heterocycles. The molecule has 1 N–H and O–H groups in total. The van der Waals surface area contributed by atoms with Gasteiger partial charge in [-0.1, -0.05) is 6.07 Å². The zero-order chi connectivity index (χ0) is 14.0. The van der Waals surface area contributed by atoms with Gasteiger partial charge in [0.15, 0.2) is 0 Å². The number of nitrogens with one attached hydrogen (secondary N) is 1. The maximum atomic E-state index is 12.0. The fourth-order valence-electron chi connectivity index (χ4n) is 3.30. The number of carbonyl (C=O) groups excluding carboxylic acids is 1. The molecule has 5 heteroatoms. The van der Waals surface area contributed by atoms with Crippen molar-refractivity contribution in [2.75, 3.05) is 26.7 Å². The van der Waals surface area contributed by atoms with Gasteiger partial charge < -0.3 is 10.1 Å². The Kier molecular flexibility index (Phi) is 3.61. The number of likely N-dealkylation sites (tertiary alicyclic amines) is 1. The molecule has 0 saturated carbocycles. The number of amides is 1. The van der Waals surface area contributed by atoms with Gasteiger partial charge in [0.05, 0.1) is 12.5 Å². The Morgan fingerprint density at radius 2 is 2.20 bits per heavy atom. The molecule has 108 valence electrons. The van der Waals surface area contributed by atoms with Crippen LogP contribution in [0.5, 0.6) is 5.88 Å². The number of pyridine rings is 1. The topological polar surface area (TPSA) is 54.5 Å². The molecule has 3 rings (SSSR count). The van der Waals surface area contributed by atoms with E-state index in [1.807, 2.05) is 6.07 Å². The van der Waals surface area contributed by atoms with Gasteiger partial charge in [0.2, 0.25) is 11.8 Å². The van der Waals surface area contributed by atoms with Crippen LogP contribution in [0.15, 0.2) is 18.3 Å². The van der Waals surface area contributed by atoms with Crippen molar-refractivity contribution < 1.29 is 9.53 Å². The Labute approximate surface area is 119 Å². The van der Waals surface area contributed by atoms with Crippen LogP contribution in [0.2, 0.25) is 0 Å². The molecule has 5 nitrogen and oxygen atoms in total. The molecule has 0 unspecified atom stereocenters. The summed E-state index contributed by atoms with van der Waals surface area (Å²) < 4.78 is 5.30. The van der Waals surface area contributed by atoms with Gasteiger partial charge in [0.1, 0.15) is 0 Å². The number of carbonyl (C=O) groups is 1. The van der Waals surface area contributed by atoms with Gasteiger partial charge in [-0.3, -0.25) is 9.69 Å². The average Bonchev–Trinajstić information content (AvgIpc) is 2.83. The van der Waals surface area contributed by atoms with Gasteiger partial charge in [0.25, 0.3) is 0 Å². The first-order valence-corrected chi connectivity index (χ1v) is 7.22. The summed E-state index contributed by atoms with van der Waals surface area (Å²) in [6.07, 6.45) is 4.66. The van der Waals surface area contributed by atoms with E-state index in [2.05, 4.69) is 21.3 Å². The Hall–Kier alpha value is -1.62. The van der Waals surface area contributed by atoms with Crippen LogP contribution in [0, 0.1) is 5.41 Å². The van der Waals surface area contributed by atoms with Crippen LogP contribution >= 0.6 is 0 Å². The maximum Gasteiger partial charge on any atom is 0.226 e. The lowest BCUT2D eigenvalue weighted by Crippen LogP contribution is -2.43. The minimum absolute atomic E-state index is 0.0878. The number of hydrogen-bond donors (Lipinski definition) is 1. The first-order valence-electron chi connectivity index (χ1n) is 7.22. The third kappa shape index (κ3) is 2.38. The second kappa shape index (κ2) is 5.40. The zero-order valence-corrected chi connectivity index (χ0v) is 11.9. The number of ether oxygens (including phenoxy) is 1. The number of aromatic nitrogens is 1. The summed E-state index contributed by atoms with van der Waals surface area (Å²) in [4.78, 5) is 18.6. The molecule has 2 aliphatic rings. The Morgan fingerprint density at radius 1 is 1.40 bits per heavy atom. The molecule has 20 heavy (non-hydrogen) atoms. The highest BCUT2D eigenvalue weighted by Crippen LogP contribution is 2.38. The lowest BCUT2D eigenvalue weighted by atomic mass is 9.77. The third-order valence-electron chi connectivity index (χ3n) is 4.62. The highest BCUT2D eigenvalue weighted by molar-refractivity contribution is 5.84. The van der Waals surface area contributed by atoms with Crippen molar-refractivity contribution in [3.63, 3.8) is 0 Å². The van der Waals surface area contributed by atoms with E-state index in [0.29, 0.717) is 5.88 Å². The fraction of sp³-hybridized carbons (Fsp3) is 0.600. The number of piperidine rings is 1. The van der Waals surface area contributed by atoms with Gasteiger partial charge in [-0.25, -0.2) is 4.98 Å². The summed E-state index contributed by atoms with van der Waals surface area (Å²) in [5.41, 5.74) is 1.03.